The molecule has 2 aromatic rings. The number of hydrogen-bond donors (Lipinski definition) is 1. The molecule has 0 bridgehead atoms. The Morgan fingerprint density at radius 2 is 2.06 bits per heavy atom. The summed E-state index contributed by atoms with van der Waals surface area (Å²) in [5, 5.41) is 3.66. The van der Waals surface area contributed by atoms with Gasteiger partial charge in [0.05, 0.1) is 5.69 Å². The number of rotatable bonds is 3. The summed E-state index contributed by atoms with van der Waals surface area (Å²) >= 11 is 9.40. The Bertz CT molecular complexity index is 531. The van der Waals surface area contributed by atoms with Gasteiger partial charge in [-0.3, -0.25) is 0 Å². The minimum absolute atomic E-state index is 0.450. The van der Waals surface area contributed by atoms with Gasteiger partial charge in [-0.1, -0.05) is 30.7 Å². The van der Waals surface area contributed by atoms with Crippen molar-refractivity contribution in [2.45, 2.75) is 13.3 Å². The van der Waals surface area contributed by atoms with Gasteiger partial charge in [-0.05, 0) is 28.1 Å². The molecule has 0 aliphatic heterocycles. The molecule has 2 rings (SSSR count). The number of halogens is 2. The SMILES string of the molecule is CCc1nc(Cl)cc(Nc2ccccc2Br)n1. The third kappa shape index (κ3) is 3.17. The first kappa shape index (κ1) is 12.3. The molecule has 0 saturated carbocycles. The lowest BCUT2D eigenvalue weighted by molar-refractivity contribution is 0.943. The van der Waals surface area contributed by atoms with Gasteiger partial charge in [0.25, 0.3) is 0 Å². The Hall–Kier alpha value is -1.13. The van der Waals surface area contributed by atoms with Gasteiger partial charge in [-0.2, -0.15) is 0 Å². The van der Waals surface area contributed by atoms with Crippen molar-refractivity contribution < 1.29 is 0 Å². The van der Waals surface area contributed by atoms with Gasteiger partial charge in [0.1, 0.15) is 16.8 Å². The first-order valence-electron chi connectivity index (χ1n) is 5.24. The number of anilines is 2. The lowest BCUT2D eigenvalue weighted by atomic mass is 10.3. The highest BCUT2D eigenvalue weighted by atomic mass is 79.9. The predicted molar refractivity (Wildman–Crippen MR) is 73.8 cm³/mol. The van der Waals surface area contributed by atoms with Crippen LogP contribution in [-0.4, -0.2) is 9.97 Å². The molecule has 88 valence electrons. The van der Waals surface area contributed by atoms with Gasteiger partial charge in [-0.25, -0.2) is 9.97 Å². The van der Waals surface area contributed by atoms with Crippen LogP contribution in [0.3, 0.4) is 0 Å². The molecule has 5 heteroatoms. The van der Waals surface area contributed by atoms with E-state index in [1.807, 2.05) is 31.2 Å². The fourth-order valence-electron chi connectivity index (χ4n) is 1.39. The lowest BCUT2D eigenvalue weighted by Crippen LogP contribution is -1.99. The van der Waals surface area contributed by atoms with Crippen LogP contribution < -0.4 is 5.32 Å². The molecule has 0 aliphatic rings. The van der Waals surface area contributed by atoms with Gasteiger partial charge < -0.3 is 5.32 Å². The lowest BCUT2D eigenvalue weighted by Gasteiger charge is -2.08. The van der Waals surface area contributed by atoms with Gasteiger partial charge in [0.15, 0.2) is 0 Å². The largest absolute Gasteiger partial charge is 0.339 e. The molecule has 0 amide bonds. The Balaban J connectivity index is 2.30. The van der Waals surface area contributed by atoms with Crippen LogP contribution in [0, 0.1) is 0 Å². The minimum Gasteiger partial charge on any atom is -0.339 e. The van der Waals surface area contributed by atoms with E-state index in [4.69, 9.17) is 11.6 Å². The molecular formula is C12H11BrClN3. The molecule has 0 saturated heterocycles. The number of nitrogens with zero attached hydrogens (tertiary/aromatic N) is 2. The molecule has 0 fully saturated rings. The molecule has 3 nitrogen and oxygen atoms in total. The zero-order chi connectivity index (χ0) is 12.3. The zero-order valence-electron chi connectivity index (χ0n) is 9.24. The van der Waals surface area contributed by atoms with E-state index >= 15 is 0 Å². The number of aromatic nitrogens is 2. The van der Waals surface area contributed by atoms with E-state index in [0.29, 0.717) is 11.0 Å². The molecular weight excluding hydrogens is 302 g/mol. The van der Waals surface area contributed by atoms with Crippen LogP contribution in [-0.2, 0) is 6.42 Å². The summed E-state index contributed by atoms with van der Waals surface area (Å²) in [6, 6.07) is 9.55. The van der Waals surface area contributed by atoms with Crippen molar-refractivity contribution in [2.24, 2.45) is 0 Å². The monoisotopic (exact) mass is 311 g/mol. The van der Waals surface area contributed by atoms with E-state index < -0.39 is 0 Å². The summed E-state index contributed by atoms with van der Waals surface area (Å²) in [7, 11) is 0. The summed E-state index contributed by atoms with van der Waals surface area (Å²) in [6.07, 6.45) is 0.755. The molecule has 0 aliphatic carbocycles. The second kappa shape index (κ2) is 5.47. The average Bonchev–Trinajstić information content (AvgIpc) is 2.31. The van der Waals surface area contributed by atoms with E-state index in [-0.39, 0.29) is 0 Å². The van der Waals surface area contributed by atoms with Crippen LogP contribution in [0.5, 0.6) is 0 Å². The summed E-state index contributed by atoms with van der Waals surface area (Å²) in [5.41, 5.74) is 0.948. The van der Waals surface area contributed by atoms with Gasteiger partial charge in [-0.15, -0.1) is 0 Å². The third-order valence-corrected chi connectivity index (χ3v) is 3.08. The Morgan fingerprint density at radius 1 is 1.29 bits per heavy atom. The summed E-state index contributed by atoms with van der Waals surface area (Å²) in [5.74, 6) is 1.43. The maximum atomic E-state index is 5.93. The topological polar surface area (TPSA) is 37.8 Å². The van der Waals surface area contributed by atoms with Crippen LogP contribution in [0.2, 0.25) is 5.15 Å². The van der Waals surface area contributed by atoms with Crippen molar-refractivity contribution >= 4 is 39.0 Å². The number of nitrogens with one attached hydrogen (secondary N) is 1. The smallest absolute Gasteiger partial charge is 0.135 e. The maximum absolute atomic E-state index is 5.93. The molecule has 1 aromatic carbocycles. The van der Waals surface area contributed by atoms with Crippen molar-refractivity contribution in [3.63, 3.8) is 0 Å². The van der Waals surface area contributed by atoms with E-state index in [1.54, 1.807) is 6.07 Å². The van der Waals surface area contributed by atoms with Gasteiger partial charge >= 0.3 is 0 Å². The van der Waals surface area contributed by atoms with Crippen molar-refractivity contribution in [3.8, 4) is 0 Å². The molecule has 0 unspecified atom stereocenters. The van der Waals surface area contributed by atoms with Crippen LogP contribution in [0.4, 0.5) is 11.5 Å². The van der Waals surface area contributed by atoms with Crippen molar-refractivity contribution in [1.29, 1.82) is 0 Å². The molecule has 1 N–H and O–H groups in total. The minimum atomic E-state index is 0.450. The highest BCUT2D eigenvalue weighted by Gasteiger charge is 2.04. The quantitative estimate of drug-likeness (QED) is 0.863. The first-order valence-corrected chi connectivity index (χ1v) is 6.41. The standard InChI is InChI=1S/C12H11BrClN3/c1-2-11-16-10(14)7-12(17-11)15-9-6-4-3-5-8(9)13/h3-7H,2H2,1H3,(H,15,16,17). The fraction of sp³-hybridized carbons (Fsp3) is 0.167. The van der Waals surface area contributed by atoms with Crippen LogP contribution in [0.15, 0.2) is 34.8 Å². The third-order valence-electron chi connectivity index (χ3n) is 2.19. The van der Waals surface area contributed by atoms with Gasteiger partial charge in [0, 0.05) is 17.0 Å². The van der Waals surface area contributed by atoms with Crippen molar-refractivity contribution in [1.82, 2.24) is 9.97 Å². The van der Waals surface area contributed by atoms with E-state index in [0.717, 1.165) is 22.4 Å². The maximum Gasteiger partial charge on any atom is 0.135 e. The molecule has 0 spiro atoms. The summed E-state index contributed by atoms with van der Waals surface area (Å²) in [6.45, 7) is 1.99. The second-order valence-corrected chi connectivity index (χ2v) is 4.69. The Labute approximate surface area is 113 Å². The first-order chi connectivity index (χ1) is 8.19. The number of aryl methyl sites for hydroxylation is 1. The number of benzene rings is 1. The molecule has 0 radical (unpaired) electrons. The number of para-hydroxylation sites is 1. The number of hydrogen-bond acceptors (Lipinski definition) is 3. The van der Waals surface area contributed by atoms with E-state index in [1.165, 1.54) is 0 Å². The molecule has 1 aromatic heterocycles. The van der Waals surface area contributed by atoms with Crippen LogP contribution in [0.1, 0.15) is 12.7 Å². The predicted octanol–water partition coefficient (Wildman–Crippen LogP) is 4.20. The normalized spacial score (nSPS) is 10.3. The summed E-state index contributed by atoms with van der Waals surface area (Å²) in [4.78, 5) is 8.48. The van der Waals surface area contributed by atoms with Crippen LogP contribution in [0.25, 0.3) is 0 Å². The zero-order valence-corrected chi connectivity index (χ0v) is 11.6. The summed E-state index contributed by atoms with van der Waals surface area (Å²) < 4.78 is 0.979. The van der Waals surface area contributed by atoms with Gasteiger partial charge in [0.2, 0.25) is 0 Å². The average molecular weight is 313 g/mol. The Kier molecular flexibility index (Phi) is 3.97. The second-order valence-electron chi connectivity index (χ2n) is 3.45. The highest BCUT2D eigenvalue weighted by Crippen LogP contribution is 2.25. The van der Waals surface area contributed by atoms with E-state index in [9.17, 15) is 0 Å². The Morgan fingerprint density at radius 3 is 2.76 bits per heavy atom. The molecule has 1 heterocycles. The van der Waals surface area contributed by atoms with Crippen molar-refractivity contribution in [3.05, 3.63) is 45.8 Å². The van der Waals surface area contributed by atoms with Crippen LogP contribution >= 0.6 is 27.5 Å². The van der Waals surface area contributed by atoms with E-state index in [2.05, 4.69) is 31.2 Å². The highest BCUT2D eigenvalue weighted by molar-refractivity contribution is 9.10. The fourth-order valence-corrected chi connectivity index (χ4v) is 1.97. The molecule has 0 atom stereocenters. The molecule has 17 heavy (non-hydrogen) atoms. The van der Waals surface area contributed by atoms with Crippen molar-refractivity contribution in [2.75, 3.05) is 5.32 Å².